The topological polar surface area (TPSA) is 43.4 Å². The van der Waals surface area contributed by atoms with E-state index in [0.29, 0.717) is 16.5 Å². The lowest BCUT2D eigenvalue weighted by Crippen LogP contribution is -2.14. The number of ether oxygens (including phenoxy) is 1. The molecule has 3 nitrogen and oxygen atoms in total. The van der Waals surface area contributed by atoms with Crippen LogP contribution in [0.1, 0.15) is 20.7 Å². The smallest absolute Gasteiger partial charge is 0.338 e. The molecular formula is C19H13FO3. The maximum absolute atomic E-state index is 13.1. The van der Waals surface area contributed by atoms with E-state index in [1.807, 2.05) is 0 Å². The van der Waals surface area contributed by atoms with Crippen LogP contribution in [0.3, 0.4) is 0 Å². The molecule has 0 radical (unpaired) electrons. The standard InChI is InChI=1S/C19H13FO3/c20-17-9-8-14-10-16(7-6-15(14)11-17)18(21)12-23-19(22)13-4-2-1-3-5-13/h1-11H,12H2. The molecule has 0 heterocycles. The lowest BCUT2D eigenvalue weighted by molar-refractivity contribution is 0.0475. The summed E-state index contributed by atoms with van der Waals surface area (Å²) in [5.74, 6) is -1.17. The average Bonchev–Trinajstić information content (AvgIpc) is 2.59. The van der Waals surface area contributed by atoms with Crippen LogP contribution in [0.2, 0.25) is 0 Å². The van der Waals surface area contributed by atoms with Gasteiger partial charge in [-0.25, -0.2) is 9.18 Å². The summed E-state index contributed by atoms with van der Waals surface area (Å²) in [7, 11) is 0. The van der Waals surface area contributed by atoms with Crippen molar-refractivity contribution >= 4 is 22.5 Å². The molecule has 0 aliphatic rings. The molecule has 0 N–H and O–H groups in total. The van der Waals surface area contributed by atoms with Crippen LogP contribution < -0.4 is 0 Å². The van der Waals surface area contributed by atoms with E-state index in [1.54, 1.807) is 54.6 Å². The van der Waals surface area contributed by atoms with Crippen molar-refractivity contribution in [2.45, 2.75) is 0 Å². The summed E-state index contributed by atoms with van der Waals surface area (Å²) >= 11 is 0. The van der Waals surface area contributed by atoms with Crippen molar-refractivity contribution in [2.75, 3.05) is 6.61 Å². The maximum Gasteiger partial charge on any atom is 0.338 e. The number of rotatable bonds is 4. The predicted octanol–water partition coefficient (Wildman–Crippen LogP) is 4.02. The fourth-order valence-electron chi connectivity index (χ4n) is 2.26. The van der Waals surface area contributed by atoms with Crippen LogP contribution in [-0.4, -0.2) is 18.4 Å². The van der Waals surface area contributed by atoms with Gasteiger partial charge in [0.25, 0.3) is 0 Å². The predicted molar refractivity (Wildman–Crippen MR) is 85.0 cm³/mol. The molecule has 0 unspecified atom stereocenters. The molecule has 3 rings (SSSR count). The van der Waals surface area contributed by atoms with Gasteiger partial charge in [0.2, 0.25) is 0 Å². The molecule has 0 aliphatic carbocycles. The lowest BCUT2D eigenvalue weighted by Gasteiger charge is -2.05. The van der Waals surface area contributed by atoms with Gasteiger partial charge < -0.3 is 4.74 Å². The van der Waals surface area contributed by atoms with Gasteiger partial charge in [0.15, 0.2) is 12.4 Å². The molecule has 0 saturated carbocycles. The van der Waals surface area contributed by atoms with E-state index < -0.39 is 5.97 Å². The van der Waals surface area contributed by atoms with Crippen LogP contribution >= 0.6 is 0 Å². The molecule has 0 bridgehead atoms. The number of Topliss-reactive ketones (excluding diaryl/α,β-unsaturated/α-hetero) is 1. The third-order valence-electron chi connectivity index (χ3n) is 3.47. The van der Waals surface area contributed by atoms with Gasteiger partial charge in [0.1, 0.15) is 5.82 Å². The van der Waals surface area contributed by atoms with Gasteiger partial charge >= 0.3 is 5.97 Å². The molecule has 0 amide bonds. The van der Waals surface area contributed by atoms with Crippen molar-refractivity contribution in [3.8, 4) is 0 Å². The number of esters is 1. The second-order valence-electron chi connectivity index (χ2n) is 5.07. The zero-order valence-electron chi connectivity index (χ0n) is 12.2. The molecule has 0 atom stereocenters. The number of hydrogen-bond acceptors (Lipinski definition) is 3. The van der Waals surface area contributed by atoms with Gasteiger partial charge in [-0.2, -0.15) is 0 Å². The Balaban J connectivity index is 1.71. The van der Waals surface area contributed by atoms with E-state index >= 15 is 0 Å². The Morgan fingerprint density at radius 3 is 2.30 bits per heavy atom. The number of hydrogen-bond donors (Lipinski definition) is 0. The minimum Gasteiger partial charge on any atom is -0.454 e. The Bertz CT molecular complexity index is 872. The molecule has 3 aromatic rings. The number of carbonyl (C=O) groups is 2. The monoisotopic (exact) mass is 308 g/mol. The summed E-state index contributed by atoms with van der Waals surface area (Å²) in [4.78, 5) is 24.0. The fraction of sp³-hybridized carbons (Fsp3) is 0.0526. The summed E-state index contributed by atoms with van der Waals surface area (Å²) < 4.78 is 18.2. The molecule has 0 aliphatic heterocycles. The van der Waals surface area contributed by atoms with E-state index in [-0.39, 0.29) is 18.2 Å². The highest BCUT2D eigenvalue weighted by Gasteiger charge is 2.12. The van der Waals surface area contributed by atoms with Gasteiger partial charge in [0.05, 0.1) is 5.56 Å². The van der Waals surface area contributed by atoms with Gasteiger partial charge in [-0.15, -0.1) is 0 Å². The number of halogens is 1. The molecule has 23 heavy (non-hydrogen) atoms. The molecule has 0 saturated heterocycles. The highest BCUT2D eigenvalue weighted by Crippen LogP contribution is 2.18. The number of fused-ring (bicyclic) bond motifs is 1. The number of benzene rings is 3. The Kier molecular flexibility index (Phi) is 4.15. The molecule has 0 fully saturated rings. The fourth-order valence-corrected chi connectivity index (χ4v) is 2.26. The van der Waals surface area contributed by atoms with Gasteiger partial charge in [-0.05, 0) is 41.1 Å². The Morgan fingerprint density at radius 1 is 0.826 bits per heavy atom. The first-order chi connectivity index (χ1) is 11.1. The van der Waals surface area contributed by atoms with Crippen LogP contribution in [0.5, 0.6) is 0 Å². The third kappa shape index (κ3) is 3.43. The minimum absolute atomic E-state index is 0.305. The molecule has 114 valence electrons. The van der Waals surface area contributed by atoms with Crippen molar-refractivity contribution in [1.82, 2.24) is 0 Å². The molecular weight excluding hydrogens is 295 g/mol. The summed E-state index contributed by atoms with van der Waals surface area (Å²) in [5, 5.41) is 1.47. The van der Waals surface area contributed by atoms with Crippen molar-refractivity contribution in [3.05, 3.63) is 83.7 Å². The highest BCUT2D eigenvalue weighted by molar-refractivity contribution is 6.02. The van der Waals surface area contributed by atoms with Crippen LogP contribution in [0, 0.1) is 5.82 Å². The normalized spacial score (nSPS) is 10.5. The van der Waals surface area contributed by atoms with Crippen LogP contribution in [-0.2, 0) is 4.74 Å². The van der Waals surface area contributed by atoms with Crippen LogP contribution in [0.25, 0.3) is 10.8 Å². The number of ketones is 1. The first-order valence-electron chi connectivity index (χ1n) is 7.08. The van der Waals surface area contributed by atoms with E-state index in [0.717, 1.165) is 5.39 Å². The van der Waals surface area contributed by atoms with Gasteiger partial charge in [-0.3, -0.25) is 4.79 Å². The Morgan fingerprint density at radius 2 is 1.52 bits per heavy atom. The molecule has 0 aromatic heterocycles. The third-order valence-corrected chi connectivity index (χ3v) is 3.47. The van der Waals surface area contributed by atoms with Crippen molar-refractivity contribution in [1.29, 1.82) is 0 Å². The van der Waals surface area contributed by atoms with Crippen LogP contribution in [0.4, 0.5) is 4.39 Å². The first kappa shape index (κ1) is 14.9. The van der Waals surface area contributed by atoms with Crippen molar-refractivity contribution < 1.29 is 18.7 Å². The zero-order valence-corrected chi connectivity index (χ0v) is 12.2. The zero-order chi connectivity index (χ0) is 16.2. The SMILES string of the molecule is O=C(COC(=O)c1ccccc1)c1ccc2cc(F)ccc2c1. The van der Waals surface area contributed by atoms with E-state index in [1.165, 1.54) is 12.1 Å². The highest BCUT2D eigenvalue weighted by atomic mass is 19.1. The molecule has 3 aromatic carbocycles. The largest absolute Gasteiger partial charge is 0.454 e. The number of carbonyl (C=O) groups excluding carboxylic acids is 2. The van der Waals surface area contributed by atoms with Crippen molar-refractivity contribution in [3.63, 3.8) is 0 Å². The second kappa shape index (κ2) is 6.40. The summed E-state index contributed by atoms with van der Waals surface area (Å²) in [6, 6.07) is 17.8. The lowest BCUT2D eigenvalue weighted by atomic mass is 10.0. The van der Waals surface area contributed by atoms with E-state index in [4.69, 9.17) is 4.74 Å². The second-order valence-corrected chi connectivity index (χ2v) is 5.07. The molecule has 4 heteroatoms. The van der Waals surface area contributed by atoms with Gasteiger partial charge in [-0.1, -0.05) is 36.4 Å². The minimum atomic E-state index is -0.540. The summed E-state index contributed by atoms with van der Waals surface area (Å²) in [6.07, 6.45) is 0. The van der Waals surface area contributed by atoms with Gasteiger partial charge in [0, 0.05) is 5.56 Å². The Hall–Kier alpha value is -3.01. The summed E-state index contributed by atoms with van der Waals surface area (Å²) in [5.41, 5.74) is 0.819. The van der Waals surface area contributed by atoms with E-state index in [2.05, 4.69) is 0 Å². The molecule has 0 spiro atoms. The Labute approximate surface area is 132 Å². The summed E-state index contributed by atoms with van der Waals surface area (Å²) in [6.45, 7) is -0.333. The van der Waals surface area contributed by atoms with Crippen LogP contribution in [0.15, 0.2) is 66.7 Å². The average molecular weight is 308 g/mol. The van der Waals surface area contributed by atoms with Crippen molar-refractivity contribution in [2.24, 2.45) is 0 Å². The quantitative estimate of drug-likeness (QED) is 0.540. The van der Waals surface area contributed by atoms with E-state index in [9.17, 15) is 14.0 Å². The first-order valence-corrected chi connectivity index (χ1v) is 7.08. The maximum atomic E-state index is 13.1.